The first-order valence-electron chi connectivity index (χ1n) is 12.6. The van der Waals surface area contributed by atoms with Gasteiger partial charge in [-0.1, -0.05) is 74.7 Å². The van der Waals surface area contributed by atoms with Crippen molar-refractivity contribution in [2.24, 2.45) is 5.92 Å². The molecule has 2 aromatic carbocycles. The van der Waals surface area contributed by atoms with Crippen molar-refractivity contribution in [1.29, 1.82) is 0 Å². The lowest BCUT2D eigenvalue weighted by molar-refractivity contribution is -0.144. The van der Waals surface area contributed by atoms with Crippen molar-refractivity contribution in [3.05, 3.63) is 59.7 Å². The zero-order valence-corrected chi connectivity index (χ0v) is 20.2. The predicted molar refractivity (Wildman–Crippen MR) is 133 cm³/mol. The van der Waals surface area contributed by atoms with Gasteiger partial charge in [0.15, 0.2) is 0 Å². The molecule has 0 heterocycles. The van der Waals surface area contributed by atoms with E-state index in [1.165, 1.54) is 11.1 Å². The van der Waals surface area contributed by atoms with Gasteiger partial charge < -0.3 is 20.5 Å². The molecule has 2 aliphatic carbocycles. The molecule has 2 aliphatic rings. The van der Waals surface area contributed by atoms with Crippen LogP contribution >= 0.6 is 0 Å². The summed E-state index contributed by atoms with van der Waals surface area (Å²) in [5.41, 5.74) is 4.62. The average Bonchev–Trinajstić information content (AvgIpc) is 3.17. The maximum atomic E-state index is 12.7. The second kappa shape index (κ2) is 11.4. The Balaban J connectivity index is 1.33. The molecule has 2 aromatic rings. The van der Waals surface area contributed by atoms with Crippen molar-refractivity contribution >= 4 is 18.0 Å². The fraction of sp³-hybridized carbons (Fsp3) is 0.464. The van der Waals surface area contributed by atoms with Crippen molar-refractivity contribution in [2.45, 2.75) is 69.9 Å². The van der Waals surface area contributed by atoms with E-state index in [0.717, 1.165) is 30.4 Å². The monoisotopic (exact) mass is 478 g/mol. The number of benzene rings is 2. The van der Waals surface area contributed by atoms with Gasteiger partial charge in [0.25, 0.3) is 0 Å². The molecule has 1 fully saturated rings. The Bertz CT molecular complexity index is 1020. The Morgan fingerprint density at radius 2 is 1.63 bits per heavy atom. The van der Waals surface area contributed by atoms with Crippen molar-refractivity contribution in [2.75, 3.05) is 6.61 Å². The Morgan fingerprint density at radius 3 is 2.26 bits per heavy atom. The molecule has 0 radical (unpaired) electrons. The number of hydrogen-bond donors (Lipinski definition) is 3. The molecule has 2 amide bonds. The van der Waals surface area contributed by atoms with E-state index in [1.54, 1.807) is 0 Å². The van der Waals surface area contributed by atoms with E-state index in [4.69, 9.17) is 4.74 Å². The van der Waals surface area contributed by atoms with Gasteiger partial charge >= 0.3 is 12.1 Å². The minimum atomic E-state index is -0.864. The maximum absolute atomic E-state index is 12.7. The molecule has 3 atom stereocenters. The van der Waals surface area contributed by atoms with Crippen LogP contribution in [0, 0.1) is 5.92 Å². The van der Waals surface area contributed by atoms with E-state index in [2.05, 4.69) is 34.9 Å². The summed E-state index contributed by atoms with van der Waals surface area (Å²) in [7, 11) is 0. The van der Waals surface area contributed by atoms with Gasteiger partial charge in [-0.25, -0.2) is 4.79 Å². The third-order valence-corrected chi connectivity index (χ3v) is 7.16. The molecule has 35 heavy (non-hydrogen) atoms. The molecule has 1 saturated carbocycles. The number of ether oxygens (including phenoxy) is 1. The Labute approximate surface area is 206 Å². The van der Waals surface area contributed by atoms with Crippen LogP contribution in [-0.4, -0.2) is 41.8 Å². The number of alkyl carbamates (subject to hydrolysis) is 1. The first-order chi connectivity index (χ1) is 17.0. The third kappa shape index (κ3) is 5.84. The number of rotatable bonds is 9. The van der Waals surface area contributed by atoms with Gasteiger partial charge in [0, 0.05) is 24.4 Å². The Kier molecular flexibility index (Phi) is 8.06. The minimum Gasteiger partial charge on any atom is -0.481 e. The molecule has 186 valence electrons. The summed E-state index contributed by atoms with van der Waals surface area (Å²) in [4.78, 5) is 36.9. The van der Waals surface area contributed by atoms with Gasteiger partial charge in [-0.15, -0.1) is 0 Å². The molecular weight excluding hydrogens is 444 g/mol. The number of aliphatic carboxylic acids is 1. The number of carbonyl (C=O) groups is 3. The highest BCUT2D eigenvalue weighted by atomic mass is 16.5. The Hall–Kier alpha value is -3.35. The summed E-state index contributed by atoms with van der Waals surface area (Å²) in [6.07, 6.45) is 4.00. The van der Waals surface area contributed by atoms with Gasteiger partial charge in [-0.3, -0.25) is 9.59 Å². The van der Waals surface area contributed by atoms with Crippen LogP contribution in [0.5, 0.6) is 0 Å². The van der Waals surface area contributed by atoms with Crippen LogP contribution < -0.4 is 10.6 Å². The summed E-state index contributed by atoms with van der Waals surface area (Å²) in [5, 5.41) is 15.2. The third-order valence-electron chi connectivity index (χ3n) is 7.16. The normalized spacial score (nSPS) is 19.8. The van der Waals surface area contributed by atoms with Crippen molar-refractivity contribution < 1.29 is 24.2 Å². The molecule has 0 bridgehead atoms. The number of nitrogens with one attached hydrogen (secondary N) is 2. The van der Waals surface area contributed by atoms with E-state index in [9.17, 15) is 19.5 Å². The minimum absolute atomic E-state index is 0.0275. The zero-order valence-electron chi connectivity index (χ0n) is 20.2. The fourth-order valence-corrected chi connectivity index (χ4v) is 5.47. The highest BCUT2D eigenvalue weighted by Gasteiger charge is 2.33. The van der Waals surface area contributed by atoms with Gasteiger partial charge in [-0.2, -0.15) is 0 Å². The lowest BCUT2D eigenvalue weighted by Gasteiger charge is -2.30. The number of amides is 2. The van der Waals surface area contributed by atoms with E-state index < -0.39 is 18.0 Å². The summed E-state index contributed by atoms with van der Waals surface area (Å²) >= 11 is 0. The van der Waals surface area contributed by atoms with Crippen molar-refractivity contribution in [3.8, 4) is 11.1 Å². The number of carboxylic acids is 1. The van der Waals surface area contributed by atoms with E-state index in [-0.39, 0.29) is 36.9 Å². The standard InChI is InChI=1S/C28H34N2O5/c1-2-9-18(16-26(31)30-25-15-8-7-14-23(25)27(32)33)29-28(34)35-17-24-21-12-5-3-10-19(21)20-11-4-6-13-22(20)24/h3-6,10-13,18,23-25H,2,7-9,14-17H2,1H3,(H,29,34)(H,30,31)(H,32,33)/t18-,23?,25?/m0/s1. The van der Waals surface area contributed by atoms with Crippen LogP contribution in [0.4, 0.5) is 4.79 Å². The smallest absolute Gasteiger partial charge is 0.407 e. The van der Waals surface area contributed by atoms with E-state index >= 15 is 0 Å². The highest BCUT2D eigenvalue weighted by Crippen LogP contribution is 2.44. The van der Waals surface area contributed by atoms with Crippen LogP contribution in [0.25, 0.3) is 11.1 Å². The average molecular weight is 479 g/mol. The molecule has 0 aromatic heterocycles. The number of carboxylic acid groups (broad SMARTS) is 1. The lowest BCUT2D eigenvalue weighted by Crippen LogP contribution is -2.47. The molecule has 7 heteroatoms. The lowest BCUT2D eigenvalue weighted by atomic mass is 9.84. The topological polar surface area (TPSA) is 105 Å². The van der Waals surface area contributed by atoms with E-state index in [1.807, 2.05) is 31.2 Å². The largest absolute Gasteiger partial charge is 0.481 e. The van der Waals surface area contributed by atoms with Crippen LogP contribution in [0.15, 0.2) is 48.5 Å². The first-order valence-corrected chi connectivity index (χ1v) is 12.6. The molecule has 0 spiro atoms. The van der Waals surface area contributed by atoms with Crippen molar-refractivity contribution in [3.63, 3.8) is 0 Å². The molecule has 4 rings (SSSR count). The number of carbonyl (C=O) groups excluding carboxylic acids is 2. The van der Waals surface area contributed by atoms with Crippen molar-refractivity contribution in [1.82, 2.24) is 10.6 Å². The first kappa shape index (κ1) is 24.8. The molecule has 2 unspecified atom stereocenters. The quantitative estimate of drug-likeness (QED) is 0.478. The molecule has 3 N–H and O–H groups in total. The van der Waals surface area contributed by atoms with Gasteiger partial charge in [0.1, 0.15) is 6.61 Å². The van der Waals surface area contributed by atoms with Crippen LogP contribution in [0.2, 0.25) is 0 Å². The summed E-state index contributed by atoms with van der Waals surface area (Å²) in [5.74, 6) is -1.68. The second-order valence-electron chi connectivity index (χ2n) is 9.56. The zero-order chi connectivity index (χ0) is 24.8. The number of fused-ring (bicyclic) bond motifs is 3. The molecular formula is C28H34N2O5. The summed E-state index contributed by atoms with van der Waals surface area (Å²) in [6.45, 7) is 2.21. The molecule has 0 aliphatic heterocycles. The molecule has 0 saturated heterocycles. The highest BCUT2D eigenvalue weighted by molar-refractivity contribution is 5.80. The summed E-state index contributed by atoms with van der Waals surface area (Å²) < 4.78 is 5.64. The second-order valence-corrected chi connectivity index (χ2v) is 9.56. The maximum Gasteiger partial charge on any atom is 0.407 e. The predicted octanol–water partition coefficient (Wildman–Crippen LogP) is 4.84. The van der Waals surface area contributed by atoms with Gasteiger partial charge in [-0.05, 0) is 41.5 Å². The van der Waals surface area contributed by atoms with Crippen LogP contribution in [-0.2, 0) is 14.3 Å². The molecule has 7 nitrogen and oxygen atoms in total. The fourth-order valence-electron chi connectivity index (χ4n) is 5.47. The van der Waals surface area contributed by atoms with Crippen LogP contribution in [0.3, 0.4) is 0 Å². The van der Waals surface area contributed by atoms with E-state index in [0.29, 0.717) is 19.3 Å². The van der Waals surface area contributed by atoms with Crippen LogP contribution in [0.1, 0.15) is 68.9 Å². The SMILES string of the molecule is CCC[C@@H](CC(=O)NC1CCCCC1C(=O)O)NC(=O)OCC1c2ccccc2-c2ccccc21. The Morgan fingerprint density at radius 1 is 1.00 bits per heavy atom. The van der Waals surface area contributed by atoms with Gasteiger partial charge in [0.2, 0.25) is 5.91 Å². The number of hydrogen-bond acceptors (Lipinski definition) is 4. The summed E-state index contributed by atoms with van der Waals surface area (Å²) in [6, 6.07) is 15.6. The van der Waals surface area contributed by atoms with Gasteiger partial charge in [0.05, 0.1) is 5.92 Å².